The van der Waals surface area contributed by atoms with E-state index >= 15 is 0 Å². The summed E-state index contributed by atoms with van der Waals surface area (Å²) in [5.74, 6) is -0.721. The average Bonchev–Trinajstić information content (AvgIpc) is 3.26. The number of nitrogens with zero attached hydrogens (tertiary/aromatic N) is 1. The summed E-state index contributed by atoms with van der Waals surface area (Å²) in [6, 6.07) is 21.6. The van der Waals surface area contributed by atoms with Crippen LogP contribution in [0.15, 0.2) is 79.0 Å². The molecule has 15 heteroatoms. The molecule has 0 aliphatic carbocycles. The van der Waals surface area contributed by atoms with Gasteiger partial charge in [-0.3, -0.25) is 19.2 Å². The van der Waals surface area contributed by atoms with Crippen molar-refractivity contribution in [1.29, 1.82) is 0 Å². The van der Waals surface area contributed by atoms with Crippen molar-refractivity contribution < 1.29 is 48.0 Å². The number of carboxylic acid groups (broad SMARTS) is 1. The van der Waals surface area contributed by atoms with Crippen LogP contribution in [0.4, 0.5) is 5.82 Å². The number of carbonyl (C=O) groups is 4. The summed E-state index contributed by atoms with van der Waals surface area (Å²) in [4.78, 5) is 54.4. The number of carboxylic acids is 1. The maximum atomic E-state index is 13.3. The molecule has 4 rings (SSSR count). The number of aryl methyl sites for hydroxylation is 1. The Hall–Kier alpha value is -5.45. The molecule has 336 valence electrons. The van der Waals surface area contributed by atoms with Gasteiger partial charge in [-0.1, -0.05) is 68.4 Å². The number of aliphatic carboxylic acids is 1. The monoisotopic (exact) mass is 857 g/mol. The third-order valence-electron chi connectivity index (χ3n) is 9.61. The number of ether oxygens (including phenoxy) is 5. The van der Waals surface area contributed by atoms with E-state index in [0.29, 0.717) is 96.0 Å². The lowest BCUT2D eigenvalue weighted by molar-refractivity contribution is -0.138. The Morgan fingerprint density at radius 3 is 1.95 bits per heavy atom. The molecule has 0 spiro atoms. The fourth-order valence-electron chi connectivity index (χ4n) is 6.31. The lowest BCUT2D eigenvalue weighted by Crippen LogP contribution is -2.39. The Bertz CT molecular complexity index is 1980. The molecule has 62 heavy (non-hydrogen) atoms. The second-order valence-electron chi connectivity index (χ2n) is 15.1. The standard InChI is InChI=1S/C47H63N5O10/c1-34(2)17-21-58-23-25-60-27-29-62-30-28-61-26-24-59-22-20-50-47(57)41-15-14-38(39-7-4-5-8-40(39)41)36-10-12-37(13-11-36)42(32-46(55)56)52-45(54)33-51-44(53)9-6-18-48-43-31-35(3)16-19-49-43/h4-5,7-8,10-16,19,31,34,42H,6,9,17-18,20-30,32-33H2,1-3H3,(H,48,49)(H,50,57)(H,51,53)(H,52,54)(H,55,56)/t42-/m0/s1. The van der Waals surface area contributed by atoms with Gasteiger partial charge in [-0.15, -0.1) is 0 Å². The van der Waals surface area contributed by atoms with E-state index in [4.69, 9.17) is 23.7 Å². The number of hydrogen-bond donors (Lipinski definition) is 5. The van der Waals surface area contributed by atoms with Crippen molar-refractivity contribution in [3.63, 3.8) is 0 Å². The summed E-state index contributed by atoms with van der Waals surface area (Å²) in [6.45, 7) is 11.9. The molecule has 3 aromatic carbocycles. The summed E-state index contributed by atoms with van der Waals surface area (Å²) >= 11 is 0. The van der Waals surface area contributed by atoms with Gasteiger partial charge in [0.25, 0.3) is 5.91 Å². The van der Waals surface area contributed by atoms with E-state index in [9.17, 15) is 24.3 Å². The van der Waals surface area contributed by atoms with Crippen LogP contribution in [0.5, 0.6) is 0 Å². The minimum absolute atomic E-state index is 0.212. The maximum absolute atomic E-state index is 13.3. The highest BCUT2D eigenvalue weighted by Crippen LogP contribution is 2.32. The van der Waals surface area contributed by atoms with Crippen LogP contribution in [0, 0.1) is 12.8 Å². The minimum atomic E-state index is -1.08. The number of benzene rings is 3. The minimum Gasteiger partial charge on any atom is -0.481 e. The van der Waals surface area contributed by atoms with Crippen LogP contribution in [-0.2, 0) is 38.1 Å². The Morgan fingerprint density at radius 1 is 0.694 bits per heavy atom. The van der Waals surface area contributed by atoms with Gasteiger partial charge in [0.2, 0.25) is 11.8 Å². The first-order valence-corrected chi connectivity index (χ1v) is 21.3. The molecule has 0 saturated carbocycles. The summed E-state index contributed by atoms with van der Waals surface area (Å²) in [7, 11) is 0. The number of rotatable bonds is 31. The predicted octanol–water partition coefficient (Wildman–Crippen LogP) is 5.71. The van der Waals surface area contributed by atoms with E-state index < -0.39 is 17.9 Å². The highest BCUT2D eigenvalue weighted by Gasteiger charge is 2.20. The maximum Gasteiger partial charge on any atom is 0.305 e. The molecule has 1 atom stereocenters. The number of amides is 3. The van der Waals surface area contributed by atoms with Gasteiger partial charge in [-0.25, -0.2) is 4.98 Å². The quantitative estimate of drug-likeness (QED) is 0.0388. The Kier molecular flexibility index (Phi) is 22.4. The first kappa shape index (κ1) is 49.2. The number of fused-ring (bicyclic) bond motifs is 1. The fraction of sp³-hybridized carbons (Fsp3) is 0.468. The fourth-order valence-corrected chi connectivity index (χ4v) is 6.31. The molecule has 0 unspecified atom stereocenters. The normalized spacial score (nSPS) is 11.7. The molecule has 4 aromatic rings. The van der Waals surface area contributed by atoms with Gasteiger partial charge in [-0.05, 0) is 76.9 Å². The van der Waals surface area contributed by atoms with Crippen LogP contribution in [-0.4, -0.2) is 119 Å². The third-order valence-corrected chi connectivity index (χ3v) is 9.61. The van der Waals surface area contributed by atoms with Crippen molar-refractivity contribution in [3.8, 4) is 11.1 Å². The van der Waals surface area contributed by atoms with Crippen molar-refractivity contribution in [3.05, 3.63) is 95.7 Å². The largest absolute Gasteiger partial charge is 0.481 e. The number of pyridine rings is 1. The Labute approximate surface area is 364 Å². The van der Waals surface area contributed by atoms with Crippen LogP contribution in [0.25, 0.3) is 21.9 Å². The first-order valence-electron chi connectivity index (χ1n) is 21.3. The molecule has 0 radical (unpaired) electrons. The highest BCUT2D eigenvalue weighted by molar-refractivity contribution is 6.11. The van der Waals surface area contributed by atoms with E-state index in [1.54, 1.807) is 24.4 Å². The van der Waals surface area contributed by atoms with Gasteiger partial charge in [0.15, 0.2) is 0 Å². The highest BCUT2D eigenvalue weighted by atomic mass is 16.6. The summed E-state index contributed by atoms with van der Waals surface area (Å²) in [5, 5.41) is 22.7. The second kappa shape index (κ2) is 28.2. The lowest BCUT2D eigenvalue weighted by Gasteiger charge is -2.19. The smallest absolute Gasteiger partial charge is 0.305 e. The molecule has 1 aromatic heterocycles. The van der Waals surface area contributed by atoms with Crippen LogP contribution in [0.3, 0.4) is 0 Å². The van der Waals surface area contributed by atoms with Gasteiger partial charge in [0.1, 0.15) is 5.82 Å². The molecule has 3 amide bonds. The molecule has 1 heterocycles. The Morgan fingerprint density at radius 2 is 1.32 bits per heavy atom. The second-order valence-corrected chi connectivity index (χ2v) is 15.1. The lowest BCUT2D eigenvalue weighted by atomic mass is 9.93. The molecule has 0 fully saturated rings. The van der Waals surface area contributed by atoms with Crippen molar-refractivity contribution in [2.45, 2.75) is 52.5 Å². The van der Waals surface area contributed by atoms with Crippen LogP contribution in [0.2, 0.25) is 0 Å². The van der Waals surface area contributed by atoms with Crippen molar-refractivity contribution in [2.24, 2.45) is 5.92 Å². The van der Waals surface area contributed by atoms with Crippen molar-refractivity contribution >= 4 is 40.3 Å². The molecule has 0 saturated heterocycles. The molecule has 0 bridgehead atoms. The van der Waals surface area contributed by atoms with Gasteiger partial charge in [0, 0.05) is 37.9 Å². The zero-order valence-corrected chi connectivity index (χ0v) is 36.2. The van der Waals surface area contributed by atoms with E-state index in [2.05, 4.69) is 40.1 Å². The van der Waals surface area contributed by atoms with Gasteiger partial charge in [-0.2, -0.15) is 0 Å². The topological polar surface area (TPSA) is 196 Å². The zero-order chi connectivity index (χ0) is 44.4. The molecule has 0 aliphatic rings. The van der Waals surface area contributed by atoms with E-state index in [-0.39, 0.29) is 31.2 Å². The van der Waals surface area contributed by atoms with Crippen LogP contribution >= 0.6 is 0 Å². The van der Waals surface area contributed by atoms with Gasteiger partial charge in [0.05, 0.1) is 78.5 Å². The number of aromatic nitrogens is 1. The number of hydrogen-bond acceptors (Lipinski definition) is 11. The van der Waals surface area contributed by atoms with Crippen LogP contribution in [0.1, 0.15) is 67.1 Å². The number of nitrogens with one attached hydrogen (secondary N) is 4. The van der Waals surface area contributed by atoms with Gasteiger partial charge >= 0.3 is 5.97 Å². The molecule has 0 aliphatic heterocycles. The number of anilines is 1. The summed E-state index contributed by atoms with van der Waals surface area (Å²) < 4.78 is 27.7. The van der Waals surface area contributed by atoms with E-state index in [1.165, 1.54) is 0 Å². The molecule has 5 N–H and O–H groups in total. The Balaban J connectivity index is 1.16. The molecule has 15 nitrogen and oxygen atoms in total. The summed E-state index contributed by atoms with van der Waals surface area (Å²) in [5.41, 5.74) is 3.93. The SMILES string of the molecule is Cc1ccnc(NCCCC(=O)NCC(=O)N[C@@H](CC(=O)O)c2ccc(-c3ccc(C(=O)NCCOCCOCCOCCOCCOCCC(C)C)c4ccccc34)cc2)c1. The molecular formula is C47H63N5O10. The van der Waals surface area contributed by atoms with E-state index in [0.717, 1.165) is 46.3 Å². The zero-order valence-electron chi connectivity index (χ0n) is 36.2. The van der Waals surface area contributed by atoms with E-state index in [1.807, 2.05) is 61.5 Å². The average molecular weight is 858 g/mol. The first-order chi connectivity index (χ1) is 30.1. The van der Waals surface area contributed by atoms with Crippen LogP contribution < -0.4 is 21.3 Å². The van der Waals surface area contributed by atoms with Crippen molar-refractivity contribution in [2.75, 3.05) is 91.0 Å². The third kappa shape index (κ3) is 18.7. The summed E-state index contributed by atoms with van der Waals surface area (Å²) in [6.07, 6.45) is 3.18. The van der Waals surface area contributed by atoms with Crippen molar-refractivity contribution in [1.82, 2.24) is 20.9 Å². The number of carbonyl (C=O) groups excluding carboxylic acids is 3. The predicted molar refractivity (Wildman–Crippen MR) is 238 cm³/mol. The van der Waals surface area contributed by atoms with Gasteiger partial charge < -0.3 is 50.1 Å². The molecular weight excluding hydrogens is 795 g/mol.